The minimum atomic E-state index is -0.950. The first-order chi connectivity index (χ1) is 42.4. The molecule has 0 fully saturated rings. The normalized spacial score (nSPS) is 13.3. The summed E-state index contributed by atoms with van der Waals surface area (Å²) in [6.45, 7) is 13.7. The van der Waals surface area contributed by atoms with Crippen LogP contribution in [0.3, 0.4) is 0 Å². The summed E-state index contributed by atoms with van der Waals surface area (Å²) in [4.78, 5) is 11.2. The molecule has 87 heavy (non-hydrogen) atoms. The van der Waals surface area contributed by atoms with Crippen LogP contribution in [-0.4, -0.2) is 4.98 Å². The molecule has 0 bridgehead atoms. The highest BCUT2D eigenvalue weighted by molar-refractivity contribution is 6.25. The maximum Gasteiger partial charge on any atom is 0.182 e. The van der Waals surface area contributed by atoms with Gasteiger partial charge in [0.05, 0.1) is 22.2 Å². The number of fused-ring (bicyclic) bond motifs is 20. The third kappa shape index (κ3) is 7.61. The molecular weight excluding hydrogens is 1060 g/mol. The minimum Gasteiger partial charge on any atom is -0.455 e. The lowest BCUT2D eigenvalue weighted by Crippen LogP contribution is -2.28. The van der Waals surface area contributed by atoms with E-state index >= 15 is 0 Å². The highest BCUT2D eigenvalue weighted by Crippen LogP contribution is 2.67. The molecule has 0 N–H and O–H groups in total. The van der Waals surface area contributed by atoms with Crippen molar-refractivity contribution in [1.82, 2.24) is 4.98 Å². The predicted molar refractivity (Wildman–Crippen MR) is 362 cm³/mol. The zero-order chi connectivity index (χ0) is 58.5. The zero-order valence-corrected chi connectivity index (χ0v) is 49.5. The van der Waals surface area contributed by atoms with Gasteiger partial charge >= 0.3 is 0 Å². The largest absolute Gasteiger partial charge is 0.455 e. The Labute approximate surface area is 506 Å². The third-order valence-electron chi connectivity index (χ3n) is 18.7. The second kappa shape index (κ2) is 18.8. The molecule has 0 aliphatic heterocycles. The summed E-state index contributed by atoms with van der Waals surface area (Å²) in [5, 5.41) is 8.84. The summed E-state index contributed by atoms with van der Waals surface area (Å²) in [6, 6.07) is 95.7. The van der Waals surface area contributed by atoms with E-state index in [4.69, 9.17) is 13.8 Å². The second-order valence-corrected chi connectivity index (χ2v) is 25.8. The molecular formula is C82H61N3O2. The van der Waals surface area contributed by atoms with Gasteiger partial charge in [0.15, 0.2) is 11.4 Å². The van der Waals surface area contributed by atoms with E-state index in [2.05, 4.69) is 312 Å². The van der Waals surface area contributed by atoms with Gasteiger partial charge in [-0.1, -0.05) is 230 Å². The van der Waals surface area contributed by atoms with Crippen LogP contribution in [0, 0.1) is 0 Å². The lowest BCUT2D eigenvalue weighted by atomic mass is 9.72. The molecule has 0 saturated heterocycles. The van der Waals surface area contributed by atoms with Gasteiger partial charge in [0.25, 0.3) is 0 Å². The lowest BCUT2D eigenvalue weighted by Gasteiger charge is -2.33. The minimum absolute atomic E-state index is 0.0451. The Bertz CT molecular complexity index is 5260. The van der Waals surface area contributed by atoms with Gasteiger partial charge in [0.1, 0.15) is 16.7 Å². The maximum atomic E-state index is 7.60. The van der Waals surface area contributed by atoms with E-state index in [1.165, 1.54) is 49.5 Å². The first-order valence-electron chi connectivity index (χ1n) is 30.3. The number of benzene rings is 12. The molecule has 5 nitrogen and oxygen atoms in total. The highest BCUT2D eigenvalue weighted by atomic mass is 16.3. The van der Waals surface area contributed by atoms with Crippen molar-refractivity contribution in [1.29, 1.82) is 0 Å². The Morgan fingerprint density at radius 1 is 0.356 bits per heavy atom. The van der Waals surface area contributed by atoms with Gasteiger partial charge in [0, 0.05) is 50.0 Å². The zero-order valence-electron chi connectivity index (χ0n) is 49.5. The first kappa shape index (κ1) is 51.0. The fraction of sp³-hybridized carbons (Fsp3) is 0.110. The quantitative estimate of drug-likeness (QED) is 0.159. The molecule has 0 unspecified atom stereocenters. The van der Waals surface area contributed by atoms with Gasteiger partial charge in [-0.15, -0.1) is 0 Å². The third-order valence-corrected chi connectivity index (χ3v) is 18.7. The number of furan rings is 2. The standard InChI is InChI=1S/C82H61N3O2/c1-80(2,3)56-36-43-58(44-37-56)84(61-42-35-51-20-8-10-22-54(51)48-61)69-49-68-74(76-72(69)64-25-13-17-29-70(64)86-76)75-73-65-26-14-18-30-71(65)87-77(73)79(83-78(75)82(68)66-27-15-11-23-62(66)63-24-12-16-28-67(63)82)85(60-45-38-57(39-46-60)81(4,5)6)59-40-33-52(34-41-59)55-32-31-50-19-7-9-21-53(50)47-55/h7-49H,1-6H3. The van der Waals surface area contributed by atoms with E-state index in [1.54, 1.807) is 0 Å². The summed E-state index contributed by atoms with van der Waals surface area (Å²) >= 11 is 0. The van der Waals surface area contributed by atoms with Gasteiger partial charge in [-0.25, -0.2) is 4.98 Å². The molecule has 3 heterocycles. The van der Waals surface area contributed by atoms with Crippen molar-refractivity contribution in [3.05, 3.63) is 294 Å². The Morgan fingerprint density at radius 3 is 1.41 bits per heavy atom. The molecule has 5 heteroatoms. The van der Waals surface area contributed by atoms with E-state index in [-0.39, 0.29) is 10.8 Å². The van der Waals surface area contributed by atoms with Crippen molar-refractivity contribution in [3.8, 4) is 33.4 Å². The van der Waals surface area contributed by atoms with Gasteiger partial charge in [-0.2, -0.15) is 0 Å². The Morgan fingerprint density at radius 2 is 0.816 bits per heavy atom. The molecule has 3 aromatic heterocycles. The number of rotatable bonds is 7. The summed E-state index contributed by atoms with van der Waals surface area (Å²) in [5.41, 5.74) is 20.6. The van der Waals surface area contributed by atoms with Gasteiger partial charge < -0.3 is 13.7 Å². The van der Waals surface area contributed by atoms with Crippen molar-refractivity contribution < 1.29 is 8.83 Å². The van der Waals surface area contributed by atoms with Gasteiger partial charge in [-0.05, 0) is 155 Å². The number of aromatic nitrogens is 1. The Hall–Kier alpha value is -10.5. The molecule has 0 saturated carbocycles. The van der Waals surface area contributed by atoms with E-state index < -0.39 is 5.41 Å². The predicted octanol–water partition coefficient (Wildman–Crippen LogP) is 22.7. The first-order valence-corrected chi connectivity index (χ1v) is 30.3. The van der Waals surface area contributed by atoms with Crippen molar-refractivity contribution in [3.63, 3.8) is 0 Å². The fourth-order valence-corrected chi connectivity index (χ4v) is 14.5. The van der Waals surface area contributed by atoms with Crippen LogP contribution in [0.2, 0.25) is 0 Å². The Kier molecular flexibility index (Phi) is 11.0. The Balaban J connectivity index is 1.01. The van der Waals surface area contributed by atoms with E-state index in [1.807, 2.05) is 0 Å². The number of para-hydroxylation sites is 2. The van der Waals surface area contributed by atoms with E-state index in [0.717, 1.165) is 106 Å². The SMILES string of the molecule is CC(C)(C)c1ccc(N(c2ccc(-c3ccc4ccccc4c3)cc2)c2nc3c(c4c2oc2ccccc24)-c2c(cc(N(c4ccc(C(C)(C)C)cc4)c4ccc5ccccc5c4)c4c2oc2ccccc24)C32c3ccccc3-c3ccccc32)cc1. The molecule has 2 aliphatic carbocycles. The van der Waals surface area contributed by atoms with Gasteiger partial charge in [-0.3, -0.25) is 4.90 Å². The molecule has 15 aromatic rings. The monoisotopic (exact) mass is 1120 g/mol. The molecule has 0 radical (unpaired) electrons. The molecule has 0 amide bonds. The van der Waals surface area contributed by atoms with Crippen LogP contribution in [-0.2, 0) is 16.2 Å². The topological polar surface area (TPSA) is 45.7 Å². The van der Waals surface area contributed by atoms with Crippen LogP contribution in [0.15, 0.2) is 270 Å². The average molecular weight is 1120 g/mol. The summed E-state index contributed by atoms with van der Waals surface area (Å²) < 4.78 is 15.0. The molecule has 12 aromatic carbocycles. The van der Waals surface area contributed by atoms with E-state index in [9.17, 15) is 0 Å². The van der Waals surface area contributed by atoms with Crippen LogP contribution < -0.4 is 9.80 Å². The van der Waals surface area contributed by atoms with Crippen molar-refractivity contribution in [2.45, 2.75) is 57.8 Å². The van der Waals surface area contributed by atoms with Crippen LogP contribution in [0.4, 0.5) is 34.3 Å². The maximum absolute atomic E-state index is 7.60. The lowest BCUT2D eigenvalue weighted by molar-refractivity contribution is 0.590. The summed E-state index contributed by atoms with van der Waals surface area (Å²) in [5.74, 6) is 0.703. The second-order valence-electron chi connectivity index (χ2n) is 25.8. The smallest absolute Gasteiger partial charge is 0.182 e. The number of nitrogens with zero attached hydrogens (tertiary/aromatic N) is 3. The molecule has 17 rings (SSSR count). The summed E-state index contributed by atoms with van der Waals surface area (Å²) in [6.07, 6.45) is 0. The van der Waals surface area contributed by atoms with Crippen LogP contribution in [0.1, 0.15) is 75.1 Å². The van der Waals surface area contributed by atoms with Crippen LogP contribution in [0.25, 0.3) is 98.8 Å². The molecule has 0 atom stereocenters. The summed E-state index contributed by atoms with van der Waals surface area (Å²) in [7, 11) is 0. The van der Waals surface area contributed by atoms with Crippen molar-refractivity contribution >= 4 is 99.7 Å². The number of hydrogen-bond acceptors (Lipinski definition) is 5. The fourth-order valence-electron chi connectivity index (χ4n) is 14.5. The van der Waals surface area contributed by atoms with Crippen LogP contribution in [0.5, 0.6) is 0 Å². The number of hydrogen-bond donors (Lipinski definition) is 0. The van der Waals surface area contributed by atoms with E-state index in [0.29, 0.717) is 11.4 Å². The van der Waals surface area contributed by atoms with Crippen LogP contribution >= 0.6 is 0 Å². The number of anilines is 6. The molecule has 416 valence electrons. The highest BCUT2D eigenvalue weighted by Gasteiger charge is 2.56. The van der Waals surface area contributed by atoms with Gasteiger partial charge in [0.2, 0.25) is 0 Å². The molecule has 1 spiro atoms. The average Bonchev–Trinajstić information content (AvgIpc) is 1.50. The number of pyridine rings is 1. The van der Waals surface area contributed by atoms with Crippen molar-refractivity contribution in [2.24, 2.45) is 0 Å². The molecule has 2 aliphatic rings. The van der Waals surface area contributed by atoms with Crippen molar-refractivity contribution in [2.75, 3.05) is 9.80 Å².